The van der Waals surface area contributed by atoms with Gasteiger partial charge in [-0.15, -0.1) is 4.91 Å². The zero-order chi connectivity index (χ0) is 21.1. The third kappa shape index (κ3) is 3.61. The van der Waals surface area contributed by atoms with Gasteiger partial charge >= 0.3 is 0 Å². The average Bonchev–Trinajstić information content (AvgIpc) is 2.78. The van der Waals surface area contributed by atoms with E-state index in [4.69, 9.17) is 0 Å². The second-order valence-corrected chi connectivity index (χ2v) is 7.09. The van der Waals surface area contributed by atoms with Gasteiger partial charge in [-0.05, 0) is 53.9 Å². The second-order valence-electron chi connectivity index (χ2n) is 6.55. The summed E-state index contributed by atoms with van der Waals surface area (Å²) in [7, 11) is 0. The topological polar surface area (TPSA) is 76.7 Å². The van der Waals surface area contributed by atoms with Crippen LogP contribution in [0.25, 0.3) is 29.0 Å². The number of pyridine rings is 2. The van der Waals surface area contributed by atoms with E-state index in [0.717, 1.165) is 27.9 Å². The van der Waals surface area contributed by atoms with Crippen LogP contribution in [-0.4, -0.2) is 21.5 Å². The second kappa shape index (κ2) is 8.31. The van der Waals surface area contributed by atoms with Crippen molar-refractivity contribution in [1.29, 1.82) is 0 Å². The predicted octanol–water partition coefficient (Wildman–Crippen LogP) is 5.18. The maximum atomic E-state index is 12.2. The minimum atomic E-state index is -0.437. The van der Waals surface area contributed by atoms with Crippen molar-refractivity contribution in [2.45, 2.75) is 6.92 Å². The van der Waals surface area contributed by atoms with Gasteiger partial charge in [0.05, 0.1) is 11.4 Å². The van der Waals surface area contributed by atoms with Crippen LogP contribution in [0, 0.1) is 4.91 Å². The normalized spacial score (nSPS) is 12.1. The molecule has 30 heavy (non-hydrogen) atoms. The Bertz CT molecular complexity index is 1360. The number of aromatic nitrogens is 2. The smallest absolute Gasteiger partial charge is 0.211 e. The maximum Gasteiger partial charge on any atom is 0.211 e. The van der Waals surface area contributed by atoms with Crippen LogP contribution in [0.2, 0.25) is 0 Å². The fourth-order valence-corrected chi connectivity index (χ4v) is 3.68. The van der Waals surface area contributed by atoms with Crippen LogP contribution in [0.4, 0.5) is 5.69 Å². The fourth-order valence-electron chi connectivity index (χ4n) is 3.32. The lowest BCUT2D eigenvalue weighted by Gasteiger charge is -2.16. The van der Waals surface area contributed by atoms with Crippen LogP contribution >= 0.6 is 11.9 Å². The summed E-state index contributed by atoms with van der Waals surface area (Å²) in [5.41, 5.74) is 11.2. The van der Waals surface area contributed by atoms with E-state index in [2.05, 4.69) is 26.0 Å². The number of hydrogen-bond donors (Lipinski definition) is 0. The van der Waals surface area contributed by atoms with E-state index in [-0.39, 0.29) is 5.69 Å². The third-order valence-electron chi connectivity index (χ3n) is 4.71. The summed E-state index contributed by atoms with van der Waals surface area (Å²) in [5.74, 6) is 0. The summed E-state index contributed by atoms with van der Waals surface area (Å²) >= 11 is 1.30. The van der Waals surface area contributed by atoms with Crippen LogP contribution < -0.4 is 5.43 Å². The Morgan fingerprint density at radius 2 is 2.00 bits per heavy atom. The Balaban J connectivity index is 1.92. The number of rotatable bonds is 5. The highest BCUT2D eigenvalue weighted by Crippen LogP contribution is 2.30. The molecule has 3 aromatic rings. The van der Waals surface area contributed by atoms with Gasteiger partial charge in [0, 0.05) is 53.3 Å². The molecule has 0 radical (unpaired) electrons. The molecule has 1 aliphatic rings. The van der Waals surface area contributed by atoms with E-state index >= 15 is 0 Å². The first-order valence-corrected chi connectivity index (χ1v) is 10.2. The first kappa shape index (κ1) is 19.6. The highest BCUT2D eigenvalue weighted by molar-refractivity contribution is 7.97. The van der Waals surface area contributed by atoms with Crippen LogP contribution in [0.5, 0.6) is 0 Å². The fraction of sp³-hybridized carbons (Fsp3) is 0.0870. The molecule has 0 saturated carbocycles. The molecule has 1 aromatic carbocycles. The molecule has 0 saturated heterocycles. The quantitative estimate of drug-likeness (QED) is 0.196. The van der Waals surface area contributed by atoms with Crippen LogP contribution in [0.15, 0.2) is 74.8 Å². The van der Waals surface area contributed by atoms with Crippen molar-refractivity contribution in [3.8, 4) is 16.8 Å². The zero-order valence-electron chi connectivity index (χ0n) is 16.3. The molecule has 7 heteroatoms. The standard InChI is InChI=1S/C23H16N4O2S/c1-15(26-30-2)22-11-23(28)21(25-29)14-27(22)18-8-5-7-16(10-18)20-13-24-12-17-6-3-4-9-19(17)20/h5-14H,1-2H3/b26-15+. The minimum Gasteiger partial charge on any atom is -0.313 e. The summed E-state index contributed by atoms with van der Waals surface area (Å²) < 4.78 is 6.11. The van der Waals surface area contributed by atoms with Crippen molar-refractivity contribution in [2.75, 3.05) is 6.26 Å². The van der Waals surface area contributed by atoms with Gasteiger partial charge in [0.1, 0.15) is 0 Å². The summed E-state index contributed by atoms with van der Waals surface area (Å²) in [6.45, 7) is 1.82. The molecule has 4 rings (SSSR count). The summed E-state index contributed by atoms with van der Waals surface area (Å²) in [4.78, 5) is 27.7. The first-order chi connectivity index (χ1) is 14.6. The largest absolute Gasteiger partial charge is 0.313 e. The maximum absolute atomic E-state index is 12.2. The molecule has 2 aromatic heterocycles. The van der Waals surface area contributed by atoms with Gasteiger partial charge < -0.3 is 4.57 Å². The molecule has 0 fully saturated rings. The highest BCUT2D eigenvalue weighted by Gasteiger charge is 2.14. The van der Waals surface area contributed by atoms with E-state index in [1.807, 2.05) is 49.6 Å². The summed E-state index contributed by atoms with van der Waals surface area (Å²) in [6.07, 6.45) is 10.6. The SMILES string of the molecule is CS/N=C(\C)c1cc(=O)c(N=O)cn1-c1cccc(-c2cncc3c2C=C=C=C3)c1. The molecule has 1 aliphatic carbocycles. The molecule has 0 amide bonds. The molecule has 0 aliphatic heterocycles. The van der Waals surface area contributed by atoms with Gasteiger partial charge in [-0.2, -0.15) is 0 Å². The monoisotopic (exact) mass is 412 g/mol. The van der Waals surface area contributed by atoms with Gasteiger partial charge in [0.15, 0.2) is 5.69 Å². The molecule has 0 N–H and O–H groups in total. The minimum absolute atomic E-state index is 0.155. The van der Waals surface area contributed by atoms with E-state index in [9.17, 15) is 9.70 Å². The Kier molecular flexibility index (Phi) is 5.42. The third-order valence-corrected chi connectivity index (χ3v) is 5.17. The van der Waals surface area contributed by atoms with Crippen molar-refractivity contribution >= 4 is 35.5 Å². The lowest BCUT2D eigenvalue weighted by atomic mass is 9.96. The highest BCUT2D eigenvalue weighted by atomic mass is 32.2. The first-order valence-electron chi connectivity index (χ1n) is 9.07. The summed E-state index contributed by atoms with van der Waals surface area (Å²) in [6, 6.07) is 9.17. The molecule has 2 heterocycles. The predicted molar refractivity (Wildman–Crippen MR) is 122 cm³/mol. The molecule has 6 nitrogen and oxygen atoms in total. The van der Waals surface area contributed by atoms with Crippen molar-refractivity contribution in [3.63, 3.8) is 0 Å². The molecule has 0 spiro atoms. The van der Waals surface area contributed by atoms with Gasteiger partial charge in [0.2, 0.25) is 5.43 Å². The van der Waals surface area contributed by atoms with Crippen LogP contribution in [-0.2, 0) is 0 Å². The van der Waals surface area contributed by atoms with Crippen LogP contribution in [0.1, 0.15) is 23.7 Å². The van der Waals surface area contributed by atoms with E-state index in [1.165, 1.54) is 24.2 Å². The zero-order valence-corrected chi connectivity index (χ0v) is 17.1. The van der Waals surface area contributed by atoms with Gasteiger partial charge in [-0.25, -0.2) is 4.40 Å². The molecule has 146 valence electrons. The average molecular weight is 412 g/mol. The molecular formula is C23H16N4O2S. The Hall–Kier alpha value is -3.76. The number of hydrogen-bond acceptors (Lipinski definition) is 6. The Morgan fingerprint density at radius 3 is 2.80 bits per heavy atom. The van der Waals surface area contributed by atoms with E-state index in [0.29, 0.717) is 11.4 Å². The summed E-state index contributed by atoms with van der Waals surface area (Å²) in [5, 5.41) is 2.88. The van der Waals surface area contributed by atoms with Crippen molar-refractivity contribution in [2.24, 2.45) is 9.57 Å². The molecule has 0 unspecified atom stereocenters. The van der Waals surface area contributed by atoms with Crippen LogP contribution in [0.3, 0.4) is 0 Å². The van der Waals surface area contributed by atoms with Gasteiger partial charge in [-0.3, -0.25) is 9.78 Å². The van der Waals surface area contributed by atoms with E-state index in [1.54, 1.807) is 17.0 Å². The molecule has 0 bridgehead atoms. The van der Waals surface area contributed by atoms with Gasteiger partial charge in [0.25, 0.3) is 0 Å². The number of nitroso groups, excluding NO2 is 1. The van der Waals surface area contributed by atoms with Crippen molar-refractivity contribution in [1.82, 2.24) is 9.55 Å². The lowest BCUT2D eigenvalue weighted by molar-refractivity contribution is 1.02. The Morgan fingerprint density at radius 1 is 1.17 bits per heavy atom. The van der Waals surface area contributed by atoms with E-state index < -0.39 is 5.43 Å². The van der Waals surface area contributed by atoms with Crippen molar-refractivity contribution < 1.29 is 0 Å². The molecule has 0 atom stereocenters. The lowest BCUT2D eigenvalue weighted by Crippen LogP contribution is -2.14. The molecular weight excluding hydrogens is 396 g/mol. The number of benzene rings is 1. The Labute approximate surface area is 177 Å². The van der Waals surface area contributed by atoms with Crippen molar-refractivity contribution in [3.05, 3.63) is 92.3 Å². The number of fused-ring (bicyclic) bond motifs is 1. The number of nitrogens with zero attached hydrogens (tertiary/aromatic N) is 4. The van der Waals surface area contributed by atoms with Gasteiger partial charge in [-0.1, -0.05) is 23.6 Å².